The van der Waals surface area contributed by atoms with Crippen LogP contribution in [-0.4, -0.2) is 21.7 Å². The highest BCUT2D eigenvalue weighted by atomic mass is 16.5. The first-order valence-corrected chi connectivity index (χ1v) is 5.89. The van der Waals surface area contributed by atoms with Crippen molar-refractivity contribution in [1.29, 1.82) is 0 Å². The topological polar surface area (TPSA) is 55.2 Å². The van der Waals surface area contributed by atoms with E-state index in [2.05, 4.69) is 9.97 Å². The molecule has 1 heterocycles. The van der Waals surface area contributed by atoms with Crippen LogP contribution in [0.4, 0.5) is 0 Å². The molecule has 0 fully saturated rings. The molecule has 0 aliphatic heterocycles. The van der Waals surface area contributed by atoms with Crippen molar-refractivity contribution in [2.24, 2.45) is 0 Å². The Hall–Kier alpha value is -1.94. The van der Waals surface area contributed by atoms with Gasteiger partial charge in [0, 0.05) is 18.8 Å². The Kier molecular flexibility index (Phi) is 4.25. The molecule has 94 valence electrons. The van der Waals surface area contributed by atoms with E-state index >= 15 is 0 Å². The lowest BCUT2D eigenvalue weighted by molar-refractivity contribution is 0.136. The quantitative estimate of drug-likeness (QED) is 0.876. The first kappa shape index (κ1) is 12.5. The Morgan fingerprint density at radius 1 is 1.33 bits per heavy atom. The largest absolute Gasteiger partial charge is 0.493 e. The molecule has 0 saturated heterocycles. The number of rotatable bonds is 5. The van der Waals surface area contributed by atoms with Crippen molar-refractivity contribution in [3.05, 3.63) is 54.1 Å². The summed E-state index contributed by atoms with van der Waals surface area (Å²) >= 11 is 0. The zero-order valence-corrected chi connectivity index (χ0v) is 10.3. The Bertz CT molecular complexity index is 488. The minimum Gasteiger partial charge on any atom is -0.493 e. The fourth-order valence-electron chi connectivity index (χ4n) is 1.62. The van der Waals surface area contributed by atoms with Gasteiger partial charge >= 0.3 is 0 Å². The molecule has 0 spiro atoms. The van der Waals surface area contributed by atoms with Gasteiger partial charge in [0.1, 0.15) is 11.9 Å². The van der Waals surface area contributed by atoms with Crippen LogP contribution in [0.15, 0.2) is 42.9 Å². The van der Waals surface area contributed by atoms with Crippen molar-refractivity contribution in [3.63, 3.8) is 0 Å². The van der Waals surface area contributed by atoms with E-state index in [1.54, 1.807) is 18.6 Å². The van der Waals surface area contributed by atoms with Crippen LogP contribution in [0.25, 0.3) is 0 Å². The minimum atomic E-state index is -0.636. The highest BCUT2D eigenvalue weighted by Crippen LogP contribution is 2.16. The predicted octanol–water partition coefficient (Wildman–Crippen LogP) is 2.29. The van der Waals surface area contributed by atoms with Crippen LogP contribution in [0.3, 0.4) is 0 Å². The van der Waals surface area contributed by atoms with Gasteiger partial charge < -0.3 is 9.84 Å². The summed E-state index contributed by atoms with van der Waals surface area (Å²) in [6.07, 6.45) is 4.58. The molecule has 4 nitrogen and oxygen atoms in total. The summed E-state index contributed by atoms with van der Waals surface area (Å²) in [7, 11) is 0. The molecule has 2 aromatic rings. The number of aromatic nitrogens is 2. The molecule has 4 heteroatoms. The molecular formula is C14H16N2O2. The molecule has 1 atom stereocenters. The third-order valence-electron chi connectivity index (χ3n) is 2.57. The van der Waals surface area contributed by atoms with E-state index < -0.39 is 6.10 Å². The van der Waals surface area contributed by atoms with Gasteiger partial charge in [-0.1, -0.05) is 12.1 Å². The Morgan fingerprint density at radius 3 is 2.94 bits per heavy atom. The van der Waals surface area contributed by atoms with Crippen LogP contribution >= 0.6 is 0 Å². The average Bonchev–Trinajstić information content (AvgIpc) is 2.40. The number of benzene rings is 1. The van der Waals surface area contributed by atoms with Gasteiger partial charge in [-0.15, -0.1) is 0 Å². The van der Waals surface area contributed by atoms with E-state index in [4.69, 9.17) is 4.74 Å². The Labute approximate surface area is 106 Å². The molecule has 1 N–H and O–H groups in total. The second-order valence-corrected chi connectivity index (χ2v) is 4.10. The van der Waals surface area contributed by atoms with Crippen LogP contribution < -0.4 is 4.74 Å². The second-order valence-electron chi connectivity index (χ2n) is 4.10. The molecular weight excluding hydrogens is 228 g/mol. The monoisotopic (exact) mass is 244 g/mol. The summed E-state index contributed by atoms with van der Waals surface area (Å²) in [4.78, 5) is 7.97. The average molecular weight is 244 g/mol. The van der Waals surface area contributed by atoms with E-state index in [-0.39, 0.29) is 0 Å². The Morgan fingerprint density at radius 2 is 2.22 bits per heavy atom. The maximum absolute atomic E-state index is 9.87. The molecule has 0 saturated carbocycles. The molecule has 0 aliphatic carbocycles. The van der Waals surface area contributed by atoms with Crippen LogP contribution in [0.2, 0.25) is 0 Å². The lowest BCUT2D eigenvalue weighted by Crippen LogP contribution is -2.07. The number of hydrogen-bond acceptors (Lipinski definition) is 4. The molecule has 2 rings (SSSR count). The van der Waals surface area contributed by atoms with Gasteiger partial charge in [-0.3, -0.25) is 9.97 Å². The van der Waals surface area contributed by atoms with Gasteiger partial charge in [-0.25, -0.2) is 0 Å². The number of hydrogen-bond donors (Lipinski definition) is 1. The zero-order valence-electron chi connectivity index (χ0n) is 10.3. The molecule has 1 unspecified atom stereocenters. The first-order chi connectivity index (χ1) is 8.75. The van der Waals surface area contributed by atoms with E-state index in [1.807, 2.05) is 31.2 Å². The van der Waals surface area contributed by atoms with E-state index in [1.165, 1.54) is 0 Å². The molecule has 1 aromatic carbocycles. The number of aliphatic hydroxyl groups is 1. The van der Waals surface area contributed by atoms with Gasteiger partial charge in [-0.05, 0) is 24.6 Å². The maximum atomic E-state index is 9.87. The SMILES string of the molecule is Cc1cccc(OCCC(O)c2cnccn2)c1. The summed E-state index contributed by atoms with van der Waals surface area (Å²) in [5.41, 5.74) is 1.73. The molecule has 18 heavy (non-hydrogen) atoms. The molecule has 0 bridgehead atoms. The second kappa shape index (κ2) is 6.12. The standard InChI is InChI=1S/C14H16N2O2/c1-11-3-2-4-12(9-11)18-8-5-14(17)13-10-15-6-7-16-13/h2-4,6-7,9-10,14,17H,5,8H2,1H3. The van der Waals surface area contributed by atoms with Crippen LogP contribution in [0.5, 0.6) is 5.75 Å². The zero-order chi connectivity index (χ0) is 12.8. The maximum Gasteiger partial charge on any atom is 0.119 e. The van der Waals surface area contributed by atoms with Crippen LogP contribution in [0.1, 0.15) is 23.8 Å². The summed E-state index contributed by atoms with van der Waals surface area (Å²) in [5, 5.41) is 9.87. The number of aliphatic hydroxyl groups excluding tert-OH is 1. The summed E-state index contributed by atoms with van der Waals surface area (Å²) in [5.74, 6) is 0.821. The predicted molar refractivity (Wildman–Crippen MR) is 68.3 cm³/mol. The lowest BCUT2D eigenvalue weighted by Gasteiger charge is -2.11. The van der Waals surface area contributed by atoms with Gasteiger partial charge in [0.15, 0.2) is 0 Å². The van der Waals surface area contributed by atoms with Crippen molar-refractivity contribution in [1.82, 2.24) is 9.97 Å². The summed E-state index contributed by atoms with van der Waals surface area (Å²) in [6.45, 7) is 2.46. The normalized spacial score (nSPS) is 12.1. The molecule has 0 amide bonds. The van der Waals surface area contributed by atoms with E-state index in [0.29, 0.717) is 18.7 Å². The van der Waals surface area contributed by atoms with Crippen molar-refractivity contribution in [2.75, 3.05) is 6.61 Å². The van der Waals surface area contributed by atoms with Gasteiger partial charge in [0.2, 0.25) is 0 Å². The van der Waals surface area contributed by atoms with Gasteiger partial charge in [-0.2, -0.15) is 0 Å². The van der Waals surface area contributed by atoms with Crippen molar-refractivity contribution < 1.29 is 9.84 Å². The highest BCUT2D eigenvalue weighted by Gasteiger charge is 2.08. The van der Waals surface area contributed by atoms with Gasteiger partial charge in [0.25, 0.3) is 0 Å². The fraction of sp³-hybridized carbons (Fsp3) is 0.286. The lowest BCUT2D eigenvalue weighted by atomic mass is 10.2. The molecule has 0 aliphatic rings. The summed E-state index contributed by atoms with van der Waals surface area (Å²) in [6, 6.07) is 7.83. The van der Waals surface area contributed by atoms with Crippen LogP contribution in [-0.2, 0) is 0 Å². The molecule has 0 radical (unpaired) electrons. The fourth-order valence-corrected chi connectivity index (χ4v) is 1.62. The van der Waals surface area contributed by atoms with E-state index in [9.17, 15) is 5.11 Å². The smallest absolute Gasteiger partial charge is 0.119 e. The van der Waals surface area contributed by atoms with Crippen molar-refractivity contribution >= 4 is 0 Å². The number of ether oxygens (including phenoxy) is 1. The third-order valence-corrected chi connectivity index (χ3v) is 2.57. The molecule has 1 aromatic heterocycles. The number of aryl methyl sites for hydroxylation is 1. The van der Waals surface area contributed by atoms with Crippen molar-refractivity contribution in [2.45, 2.75) is 19.4 Å². The third kappa shape index (κ3) is 3.53. The van der Waals surface area contributed by atoms with Crippen molar-refractivity contribution in [3.8, 4) is 5.75 Å². The minimum absolute atomic E-state index is 0.446. The Balaban J connectivity index is 1.82. The summed E-state index contributed by atoms with van der Waals surface area (Å²) < 4.78 is 5.57. The van der Waals surface area contributed by atoms with E-state index in [0.717, 1.165) is 11.3 Å². The highest BCUT2D eigenvalue weighted by molar-refractivity contribution is 5.27. The first-order valence-electron chi connectivity index (χ1n) is 5.89. The van der Waals surface area contributed by atoms with Gasteiger partial charge in [0.05, 0.1) is 18.5 Å². The number of nitrogens with zero attached hydrogens (tertiary/aromatic N) is 2. The van der Waals surface area contributed by atoms with Crippen LogP contribution in [0, 0.1) is 6.92 Å².